The second-order valence-electron chi connectivity index (χ2n) is 5.30. The quantitative estimate of drug-likeness (QED) is 0.665. The van der Waals surface area contributed by atoms with Crippen LogP contribution in [0.2, 0.25) is 0 Å². The molecule has 1 unspecified atom stereocenters. The van der Waals surface area contributed by atoms with Crippen LogP contribution >= 0.6 is 0 Å². The van der Waals surface area contributed by atoms with Crippen LogP contribution in [0.3, 0.4) is 0 Å². The van der Waals surface area contributed by atoms with Gasteiger partial charge in [0.25, 0.3) is 0 Å². The second kappa shape index (κ2) is 6.21. The number of carbonyl (C=O) groups excluding carboxylic acids is 1. The molecule has 0 aliphatic heterocycles. The monoisotopic (exact) mass is 228 g/mol. The van der Waals surface area contributed by atoms with Crippen molar-refractivity contribution in [1.82, 2.24) is 10.2 Å². The first-order valence-electron chi connectivity index (χ1n) is 6.12. The lowest BCUT2D eigenvalue weighted by atomic mass is 10.2. The number of aliphatic hydroxyl groups is 1. The zero-order chi connectivity index (χ0) is 12.1. The van der Waals surface area contributed by atoms with Gasteiger partial charge in [-0.3, -0.25) is 9.69 Å². The highest BCUT2D eigenvalue weighted by molar-refractivity contribution is 5.77. The molecule has 1 aliphatic rings. The summed E-state index contributed by atoms with van der Waals surface area (Å²) in [6, 6.07) is 0. The highest BCUT2D eigenvalue weighted by Gasteiger charge is 2.30. The van der Waals surface area contributed by atoms with Gasteiger partial charge in [0.05, 0.1) is 12.6 Å². The van der Waals surface area contributed by atoms with E-state index in [1.807, 2.05) is 11.9 Å². The summed E-state index contributed by atoms with van der Waals surface area (Å²) in [5.41, 5.74) is 0. The molecule has 0 saturated heterocycles. The van der Waals surface area contributed by atoms with E-state index in [9.17, 15) is 9.90 Å². The van der Waals surface area contributed by atoms with Crippen LogP contribution in [0.5, 0.6) is 0 Å². The molecule has 0 spiro atoms. The lowest BCUT2D eigenvalue weighted by molar-refractivity contribution is -0.122. The predicted octanol–water partition coefficient (Wildman–Crippen LogP) is 0.461. The Hall–Kier alpha value is -0.610. The number of rotatable bonds is 7. The van der Waals surface area contributed by atoms with Crippen LogP contribution in [0.25, 0.3) is 0 Å². The zero-order valence-corrected chi connectivity index (χ0v) is 10.6. The van der Waals surface area contributed by atoms with Gasteiger partial charge in [-0.05, 0) is 31.7 Å². The summed E-state index contributed by atoms with van der Waals surface area (Å²) in [7, 11) is 1.88. The first kappa shape index (κ1) is 13.5. The van der Waals surface area contributed by atoms with Gasteiger partial charge in [-0.25, -0.2) is 0 Å². The molecule has 94 valence electrons. The largest absolute Gasteiger partial charge is 0.392 e. The predicted molar refractivity (Wildman–Crippen MR) is 64.1 cm³/mol. The zero-order valence-electron chi connectivity index (χ0n) is 10.6. The second-order valence-corrected chi connectivity index (χ2v) is 5.30. The molecule has 1 rings (SSSR count). The molecular formula is C12H24N2O2. The molecule has 16 heavy (non-hydrogen) atoms. The Morgan fingerprint density at radius 2 is 2.12 bits per heavy atom. The maximum absolute atomic E-state index is 11.5. The maximum atomic E-state index is 11.5. The van der Waals surface area contributed by atoms with Gasteiger partial charge in [-0.2, -0.15) is 0 Å². The van der Waals surface area contributed by atoms with Gasteiger partial charge in [0.1, 0.15) is 0 Å². The molecule has 0 heterocycles. The Balaban J connectivity index is 2.12. The molecule has 0 aromatic heterocycles. The van der Waals surface area contributed by atoms with E-state index in [0.717, 1.165) is 19.4 Å². The van der Waals surface area contributed by atoms with Crippen LogP contribution in [-0.2, 0) is 4.79 Å². The highest BCUT2D eigenvalue weighted by Crippen LogP contribution is 2.32. The van der Waals surface area contributed by atoms with Crippen molar-refractivity contribution in [2.45, 2.75) is 32.8 Å². The minimum Gasteiger partial charge on any atom is -0.392 e. The fourth-order valence-corrected chi connectivity index (χ4v) is 1.63. The first-order chi connectivity index (χ1) is 7.49. The van der Waals surface area contributed by atoms with Crippen LogP contribution in [0.1, 0.15) is 26.7 Å². The van der Waals surface area contributed by atoms with Crippen molar-refractivity contribution in [2.75, 3.05) is 26.7 Å². The third kappa shape index (κ3) is 5.47. The first-order valence-corrected chi connectivity index (χ1v) is 6.12. The Kier molecular flexibility index (Phi) is 5.22. The van der Waals surface area contributed by atoms with E-state index in [0.29, 0.717) is 24.9 Å². The van der Waals surface area contributed by atoms with E-state index >= 15 is 0 Å². The van der Waals surface area contributed by atoms with Crippen LogP contribution in [0.4, 0.5) is 0 Å². The standard InChI is InChI=1S/C12H24N2O2/c1-9(2)6-13-12(16)8-14(3)7-11(15)10-4-5-10/h9-11,15H,4-8H2,1-3H3,(H,13,16). The number of amides is 1. The summed E-state index contributed by atoms with van der Waals surface area (Å²) in [5, 5.41) is 12.6. The Labute approximate surface area is 98.0 Å². The van der Waals surface area contributed by atoms with Gasteiger partial charge >= 0.3 is 0 Å². The number of carbonyl (C=O) groups is 1. The van der Waals surface area contributed by atoms with Crippen molar-refractivity contribution >= 4 is 5.91 Å². The summed E-state index contributed by atoms with van der Waals surface area (Å²) in [4.78, 5) is 13.4. The van der Waals surface area contributed by atoms with E-state index in [1.54, 1.807) is 0 Å². The highest BCUT2D eigenvalue weighted by atomic mass is 16.3. The summed E-state index contributed by atoms with van der Waals surface area (Å²) >= 11 is 0. The lowest BCUT2D eigenvalue weighted by Crippen LogP contribution is -2.40. The molecule has 0 radical (unpaired) electrons. The molecule has 4 nitrogen and oxygen atoms in total. The molecule has 1 atom stereocenters. The fourth-order valence-electron chi connectivity index (χ4n) is 1.63. The van der Waals surface area contributed by atoms with Crippen molar-refractivity contribution in [3.8, 4) is 0 Å². The third-order valence-corrected chi connectivity index (χ3v) is 2.79. The SMILES string of the molecule is CC(C)CNC(=O)CN(C)CC(O)C1CC1. The van der Waals surface area contributed by atoms with Gasteiger partial charge in [0.15, 0.2) is 0 Å². The topological polar surface area (TPSA) is 52.6 Å². The average Bonchev–Trinajstić information content (AvgIpc) is 2.97. The van der Waals surface area contributed by atoms with Crippen molar-refractivity contribution in [3.63, 3.8) is 0 Å². The Morgan fingerprint density at radius 3 is 2.62 bits per heavy atom. The third-order valence-electron chi connectivity index (χ3n) is 2.79. The summed E-state index contributed by atoms with van der Waals surface area (Å²) in [6.45, 7) is 5.83. The van der Waals surface area contributed by atoms with Crippen LogP contribution in [0, 0.1) is 11.8 Å². The van der Waals surface area contributed by atoms with Crippen LogP contribution in [-0.4, -0.2) is 48.7 Å². The van der Waals surface area contributed by atoms with Crippen LogP contribution in [0.15, 0.2) is 0 Å². The van der Waals surface area contributed by atoms with E-state index in [1.165, 1.54) is 0 Å². The normalized spacial score (nSPS) is 17.9. The van der Waals surface area contributed by atoms with Crippen LogP contribution < -0.4 is 5.32 Å². The molecule has 1 fully saturated rings. The van der Waals surface area contributed by atoms with Gasteiger partial charge in [0.2, 0.25) is 5.91 Å². The summed E-state index contributed by atoms with van der Waals surface area (Å²) in [5.74, 6) is 0.992. The van der Waals surface area contributed by atoms with Gasteiger partial charge in [-0.15, -0.1) is 0 Å². The molecule has 1 saturated carbocycles. The number of aliphatic hydroxyl groups excluding tert-OH is 1. The fraction of sp³-hybridized carbons (Fsp3) is 0.917. The smallest absolute Gasteiger partial charge is 0.234 e. The molecule has 0 bridgehead atoms. The molecule has 4 heteroatoms. The van der Waals surface area contributed by atoms with Crippen molar-refractivity contribution < 1.29 is 9.90 Å². The number of hydrogen-bond acceptors (Lipinski definition) is 3. The summed E-state index contributed by atoms with van der Waals surface area (Å²) in [6.07, 6.45) is 2.01. The number of nitrogens with one attached hydrogen (secondary N) is 1. The van der Waals surface area contributed by atoms with Gasteiger partial charge < -0.3 is 10.4 Å². The lowest BCUT2D eigenvalue weighted by Gasteiger charge is -2.20. The van der Waals surface area contributed by atoms with E-state index in [-0.39, 0.29) is 12.0 Å². The minimum absolute atomic E-state index is 0.0409. The minimum atomic E-state index is -0.261. The van der Waals surface area contributed by atoms with Crippen molar-refractivity contribution in [2.24, 2.45) is 11.8 Å². The number of likely N-dealkylation sites (N-methyl/N-ethyl adjacent to an activating group) is 1. The maximum Gasteiger partial charge on any atom is 0.234 e. The Morgan fingerprint density at radius 1 is 1.50 bits per heavy atom. The summed E-state index contributed by atoms with van der Waals surface area (Å²) < 4.78 is 0. The van der Waals surface area contributed by atoms with E-state index in [4.69, 9.17) is 0 Å². The van der Waals surface area contributed by atoms with Crippen molar-refractivity contribution in [3.05, 3.63) is 0 Å². The van der Waals surface area contributed by atoms with Gasteiger partial charge in [-0.1, -0.05) is 13.8 Å². The molecule has 0 aromatic rings. The molecule has 1 amide bonds. The van der Waals surface area contributed by atoms with E-state index < -0.39 is 0 Å². The van der Waals surface area contributed by atoms with E-state index in [2.05, 4.69) is 19.2 Å². The molecular weight excluding hydrogens is 204 g/mol. The number of nitrogens with zero attached hydrogens (tertiary/aromatic N) is 1. The molecule has 2 N–H and O–H groups in total. The van der Waals surface area contributed by atoms with Gasteiger partial charge in [0, 0.05) is 13.1 Å². The molecule has 0 aromatic carbocycles. The number of hydrogen-bond donors (Lipinski definition) is 2. The average molecular weight is 228 g/mol. The Bertz CT molecular complexity index is 227. The van der Waals surface area contributed by atoms with Crippen molar-refractivity contribution in [1.29, 1.82) is 0 Å². The molecule has 1 aliphatic carbocycles.